The highest BCUT2D eigenvalue weighted by atomic mass is 28.2. The standard InChI is InChI=1S/C18H26Si/c1-5-9-14-10-6-7-12-16(14)19-17-13-8-11-15(17)18(2,3)4/h6-8,10-12H,5,9,13,19H2,1-4H3. The van der Waals surface area contributed by atoms with Gasteiger partial charge >= 0.3 is 0 Å². The molecule has 1 aliphatic rings. The summed E-state index contributed by atoms with van der Waals surface area (Å²) in [5.74, 6) is 0. The Hall–Kier alpha value is -1.08. The van der Waals surface area contributed by atoms with E-state index in [1.54, 1.807) is 21.5 Å². The molecule has 0 radical (unpaired) electrons. The lowest BCUT2D eigenvalue weighted by Crippen LogP contribution is -2.23. The molecular weight excluding hydrogens is 244 g/mol. The highest BCUT2D eigenvalue weighted by Gasteiger charge is 2.22. The van der Waals surface area contributed by atoms with Gasteiger partial charge in [-0.1, -0.05) is 80.9 Å². The van der Waals surface area contributed by atoms with E-state index >= 15 is 0 Å². The lowest BCUT2D eigenvalue weighted by molar-refractivity contribution is 0.516. The largest absolute Gasteiger partial charge is 0.0835 e. The van der Waals surface area contributed by atoms with Gasteiger partial charge < -0.3 is 0 Å². The molecule has 0 bridgehead atoms. The Morgan fingerprint density at radius 3 is 2.58 bits per heavy atom. The molecule has 19 heavy (non-hydrogen) atoms. The van der Waals surface area contributed by atoms with Gasteiger partial charge in [-0.05, 0) is 29.4 Å². The van der Waals surface area contributed by atoms with Crippen molar-refractivity contribution >= 4 is 14.7 Å². The van der Waals surface area contributed by atoms with Crippen LogP contribution in [0, 0.1) is 5.41 Å². The van der Waals surface area contributed by atoms with Crippen molar-refractivity contribution in [1.82, 2.24) is 0 Å². The van der Waals surface area contributed by atoms with Gasteiger partial charge in [0, 0.05) is 0 Å². The van der Waals surface area contributed by atoms with Crippen LogP contribution in [0.4, 0.5) is 0 Å². The number of benzene rings is 1. The third kappa shape index (κ3) is 3.47. The van der Waals surface area contributed by atoms with Gasteiger partial charge in [0.05, 0.1) is 9.52 Å². The predicted molar refractivity (Wildman–Crippen MR) is 88.9 cm³/mol. The molecule has 0 saturated carbocycles. The summed E-state index contributed by atoms with van der Waals surface area (Å²) in [5.41, 5.74) is 3.49. The first-order valence-electron chi connectivity index (χ1n) is 7.48. The van der Waals surface area contributed by atoms with Crippen LogP contribution in [0.5, 0.6) is 0 Å². The maximum absolute atomic E-state index is 2.37. The second-order valence-corrected chi connectivity index (χ2v) is 8.54. The summed E-state index contributed by atoms with van der Waals surface area (Å²) in [5, 5.41) is 3.40. The number of allylic oxidation sites excluding steroid dienone is 4. The average Bonchev–Trinajstić information content (AvgIpc) is 2.80. The third-order valence-corrected chi connectivity index (χ3v) is 6.05. The molecule has 1 aromatic rings. The Labute approximate surface area is 120 Å². The minimum absolute atomic E-state index is 0.294. The van der Waals surface area contributed by atoms with E-state index in [1.165, 1.54) is 19.3 Å². The number of rotatable bonds is 4. The molecular formula is C18H26Si. The molecule has 0 aliphatic heterocycles. The van der Waals surface area contributed by atoms with Crippen LogP contribution in [0.15, 0.2) is 47.2 Å². The first-order chi connectivity index (χ1) is 9.02. The van der Waals surface area contributed by atoms with Crippen molar-refractivity contribution < 1.29 is 0 Å². The topological polar surface area (TPSA) is 0 Å². The Morgan fingerprint density at radius 2 is 1.89 bits per heavy atom. The van der Waals surface area contributed by atoms with Crippen LogP contribution in [-0.2, 0) is 6.42 Å². The van der Waals surface area contributed by atoms with E-state index in [0.29, 0.717) is 5.41 Å². The molecule has 1 heteroatoms. The molecule has 0 aromatic heterocycles. The molecule has 0 atom stereocenters. The van der Waals surface area contributed by atoms with E-state index < -0.39 is 0 Å². The van der Waals surface area contributed by atoms with E-state index in [9.17, 15) is 0 Å². The van der Waals surface area contributed by atoms with Gasteiger partial charge in [-0.2, -0.15) is 0 Å². The Kier molecular flexibility index (Phi) is 4.46. The van der Waals surface area contributed by atoms with Crippen molar-refractivity contribution in [2.75, 3.05) is 0 Å². The van der Waals surface area contributed by atoms with Crippen LogP contribution in [0.3, 0.4) is 0 Å². The van der Waals surface area contributed by atoms with Gasteiger partial charge in [-0.3, -0.25) is 0 Å². The molecule has 0 fully saturated rings. The van der Waals surface area contributed by atoms with Gasteiger partial charge in [-0.15, -0.1) is 0 Å². The molecule has 0 saturated heterocycles. The molecule has 0 nitrogen and oxygen atoms in total. The zero-order valence-corrected chi connectivity index (χ0v) is 14.2. The summed E-state index contributed by atoms with van der Waals surface area (Å²) in [6, 6.07) is 9.09. The van der Waals surface area contributed by atoms with Crippen LogP contribution in [0.2, 0.25) is 0 Å². The van der Waals surface area contributed by atoms with Crippen molar-refractivity contribution in [2.45, 2.75) is 47.0 Å². The van der Waals surface area contributed by atoms with Crippen LogP contribution in [-0.4, -0.2) is 9.52 Å². The molecule has 102 valence electrons. The third-order valence-electron chi connectivity index (χ3n) is 3.88. The fraction of sp³-hybridized carbons (Fsp3) is 0.444. The molecule has 1 aromatic carbocycles. The molecule has 0 unspecified atom stereocenters. The van der Waals surface area contributed by atoms with Gasteiger partial charge in [0.2, 0.25) is 0 Å². The normalized spacial score (nSPS) is 16.0. The zero-order valence-electron chi connectivity index (χ0n) is 12.8. The minimum atomic E-state index is -0.294. The van der Waals surface area contributed by atoms with Crippen molar-refractivity contribution in [3.63, 3.8) is 0 Å². The fourth-order valence-corrected chi connectivity index (χ4v) is 5.35. The first-order valence-corrected chi connectivity index (χ1v) is 8.89. The molecule has 0 spiro atoms. The van der Waals surface area contributed by atoms with Crippen LogP contribution in [0.25, 0.3) is 0 Å². The lowest BCUT2D eigenvalue weighted by atomic mass is 9.87. The van der Waals surface area contributed by atoms with Gasteiger partial charge in [0.1, 0.15) is 0 Å². The van der Waals surface area contributed by atoms with Crippen LogP contribution < -0.4 is 5.19 Å². The summed E-state index contributed by atoms with van der Waals surface area (Å²) in [7, 11) is -0.294. The van der Waals surface area contributed by atoms with E-state index in [4.69, 9.17) is 0 Å². The molecule has 0 amide bonds. The summed E-state index contributed by atoms with van der Waals surface area (Å²) in [6.07, 6.45) is 8.39. The Balaban J connectivity index is 2.27. The van der Waals surface area contributed by atoms with E-state index in [-0.39, 0.29) is 9.52 Å². The zero-order chi connectivity index (χ0) is 13.9. The second kappa shape index (κ2) is 5.92. The van der Waals surface area contributed by atoms with Gasteiger partial charge in [0.15, 0.2) is 0 Å². The summed E-state index contributed by atoms with van der Waals surface area (Å²) in [4.78, 5) is 0. The maximum Gasteiger partial charge on any atom is 0.0835 e. The molecule has 0 heterocycles. The lowest BCUT2D eigenvalue weighted by Gasteiger charge is -2.22. The Morgan fingerprint density at radius 1 is 1.16 bits per heavy atom. The van der Waals surface area contributed by atoms with Crippen LogP contribution >= 0.6 is 0 Å². The summed E-state index contributed by atoms with van der Waals surface area (Å²) in [6.45, 7) is 9.29. The number of aryl methyl sites for hydroxylation is 1. The molecule has 2 rings (SSSR count). The van der Waals surface area contributed by atoms with Crippen molar-refractivity contribution in [3.8, 4) is 0 Å². The van der Waals surface area contributed by atoms with Crippen molar-refractivity contribution in [3.05, 3.63) is 52.8 Å². The SMILES string of the molecule is CCCc1ccccc1[SiH2]C1=C(C(C)(C)C)C=CC1. The van der Waals surface area contributed by atoms with Gasteiger partial charge in [0.25, 0.3) is 0 Å². The van der Waals surface area contributed by atoms with E-state index in [1.807, 2.05) is 0 Å². The predicted octanol–water partition coefficient (Wildman–Crippen LogP) is 3.69. The minimum Gasteiger partial charge on any atom is -0.0806 e. The second-order valence-electron chi connectivity index (χ2n) is 6.57. The van der Waals surface area contributed by atoms with E-state index in [2.05, 4.69) is 64.1 Å². The monoisotopic (exact) mass is 270 g/mol. The molecule has 0 N–H and O–H groups in total. The highest BCUT2D eigenvalue weighted by molar-refractivity contribution is 6.62. The number of hydrogen-bond acceptors (Lipinski definition) is 0. The summed E-state index contributed by atoms with van der Waals surface area (Å²) >= 11 is 0. The van der Waals surface area contributed by atoms with Crippen molar-refractivity contribution in [1.29, 1.82) is 0 Å². The fourth-order valence-electron chi connectivity index (χ4n) is 2.97. The Bertz CT molecular complexity index is 501. The number of hydrogen-bond donors (Lipinski definition) is 0. The average molecular weight is 270 g/mol. The van der Waals surface area contributed by atoms with Crippen LogP contribution in [0.1, 0.15) is 46.1 Å². The quantitative estimate of drug-likeness (QED) is 0.732. The summed E-state index contributed by atoms with van der Waals surface area (Å²) < 4.78 is 0. The highest BCUT2D eigenvalue weighted by Crippen LogP contribution is 2.33. The maximum atomic E-state index is 2.37. The van der Waals surface area contributed by atoms with E-state index in [0.717, 1.165) is 0 Å². The van der Waals surface area contributed by atoms with Crippen molar-refractivity contribution in [2.24, 2.45) is 5.41 Å². The first kappa shape index (κ1) is 14.3. The molecule has 1 aliphatic carbocycles. The van der Waals surface area contributed by atoms with Gasteiger partial charge in [-0.25, -0.2) is 0 Å². The smallest absolute Gasteiger partial charge is 0.0806 e.